The maximum absolute atomic E-state index is 14.3. The largest absolute Gasteiger partial charge is 0.482 e. The molecule has 9 heteroatoms. The van der Waals surface area contributed by atoms with Crippen LogP contribution in [0.15, 0.2) is 35.0 Å². The second-order valence-electron chi connectivity index (χ2n) is 8.39. The quantitative estimate of drug-likeness (QED) is 0.426. The van der Waals surface area contributed by atoms with Gasteiger partial charge in [-0.3, -0.25) is 4.68 Å². The highest BCUT2D eigenvalue weighted by Gasteiger charge is 2.37. The van der Waals surface area contributed by atoms with Crippen LogP contribution < -0.4 is 10.5 Å². The average Bonchev–Trinajstić information content (AvgIpc) is 3.47. The minimum Gasteiger partial charge on any atom is -0.482 e. The molecule has 0 aliphatic carbocycles. The summed E-state index contributed by atoms with van der Waals surface area (Å²) in [4.78, 5) is 4.32. The Balaban J connectivity index is 1.72. The number of pyridine rings is 1. The molecular weight excluding hydrogens is 423 g/mol. The molecule has 2 atom stereocenters. The fourth-order valence-corrected chi connectivity index (χ4v) is 5.03. The lowest BCUT2D eigenvalue weighted by Crippen LogP contribution is -2.10. The van der Waals surface area contributed by atoms with E-state index in [4.69, 9.17) is 15.0 Å². The number of benzene rings is 1. The van der Waals surface area contributed by atoms with Gasteiger partial charge in [0.1, 0.15) is 18.0 Å². The summed E-state index contributed by atoms with van der Waals surface area (Å²) in [6, 6.07) is 8.52. The van der Waals surface area contributed by atoms with Crippen molar-refractivity contribution >= 4 is 5.82 Å². The van der Waals surface area contributed by atoms with Crippen LogP contribution in [0.5, 0.6) is 5.75 Å². The summed E-state index contributed by atoms with van der Waals surface area (Å²) in [5, 5.41) is 18.6. The van der Waals surface area contributed by atoms with Gasteiger partial charge in [0.05, 0.1) is 11.4 Å². The number of nitrogen functional groups attached to an aromatic ring is 1. The molecule has 1 aromatic carbocycles. The van der Waals surface area contributed by atoms with E-state index < -0.39 is 6.10 Å². The van der Waals surface area contributed by atoms with E-state index in [9.17, 15) is 9.65 Å². The van der Waals surface area contributed by atoms with Gasteiger partial charge < -0.3 is 15.0 Å². The van der Waals surface area contributed by atoms with Crippen molar-refractivity contribution in [2.24, 2.45) is 0 Å². The number of aryl methyl sites for hydroxylation is 2. The molecule has 5 heterocycles. The molecule has 0 radical (unpaired) electrons. The number of rotatable bonds is 0. The van der Waals surface area contributed by atoms with Gasteiger partial charge in [0.2, 0.25) is 0 Å². The van der Waals surface area contributed by atoms with E-state index >= 15 is 0 Å². The highest BCUT2D eigenvalue weighted by molar-refractivity contribution is 5.77. The zero-order chi connectivity index (χ0) is 22.9. The predicted molar refractivity (Wildman–Crippen MR) is 117 cm³/mol. The lowest BCUT2D eigenvalue weighted by Gasteiger charge is -2.21. The van der Waals surface area contributed by atoms with Gasteiger partial charge in [0, 0.05) is 46.5 Å². The molecule has 2 bridgehead atoms. The molecule has 164 valence electrons. The first-order valence-electron chi connectivity index (χ1n) is 10.7. The molecule has 0 fully saturated rings. The summed E-state index contributed by atoms with van der Waals surface area (Å²) >= 11 is 0. The predicted octanol–water partition coefficient (Wildman–Crippen LogP) is 4.49. The number of nitrogens with zero attached hydrogens (tertiary/aromatic N) is 5. The Labute approximate surface area is 188 Å². The van der Waals surface area contributed by atoms with Crippen LogP contribution in [0.25, 0.3) is 22.5 Å². The van der Waals surface area contributed by atoms with E-state index in [-0.39, 0.29) is 17.6 Å². The molecule has 8 nitrogen and oxygen atoms in total. The van der Waals surface area contributed by atoms with Gasteiger partial charge in [-0.1, -0.05) is 5.16 Å². The van der Waals surface area contributed by atoms with Crippen LogP contribution in [0.2, 0.25) is 0 Å². The average molecular weight is 442 g/mol. The molecule has 4 aromatic rings. The number of ether oxygens (including phenoxy) is 1. The van der Waals surface area contributed by atoms with Crippen molar-refractivity contribution < 1.29 is 13.7 Å². The van der Waals surface area contributed by atoms with Crippen molar-refractivity contribution in [3.8, 4) is 34.3 Å². The normalized spacial score (nSPS) is 18.2. The number of nitrogens with two attached hydrogens (primary N) is 1. The Morgan fingerprint density at radius 1 is 1.30 bits per heavy atom. The van der Waals surface area contributed by atoms with E-state index in [1.165, 1.54) is 12.1 Å². The molecule has 1 unspecified atom stereocenters. The highest BCUT2D eigenvalue weighted by atomic mass is 19.1. The second kappa shape index (κ2) is 6.90. The van der Waals surface area contributed by atoms with Crippen molar-refractivity contribution in [2.75, 3.05) is 5.73 Å². The van der Waals surface area contributed by atoms with Crippen LogP contribution >= 0.6 is 0 Å². The lowest BCUT2D eigenvalue weighted by molar-refractivity contribution is 0.227. The fourth-order valence-electron chi connectivity index (χ4n) is 5.03. The van der Waals surface area contributed by atoms with Gasteiger partial charge >= 0.3 is 0 Å². The minimum absolute atomic E-state index is 0.106. The molecule has 33 heavy (non-hydrogen) atoms. The molecule has 0 saturated heterocycles. The van der Waals surface area contributed by atoms with Crippen LogP contribution in [0.3, 0.4) is 0 Å². The van der Waals surface area contributed by atoms with Crippen molar-refractivity contribution in [3.63, 3.8) is 0 Å². The standard InChI is InChI=1S/C24H19FN6O2/c1-11-20-16-5-6-31-22(16)21(18(9-26)29-31)13-7-19(24(27)28-10-13)32-12(2)17-8-14(25)3-4-15(17)23(20)33-30-11/h3-4,7-8,10,12,16H,5-6H2,1-2H3,(H2,27,28)/t12-,16?/m1/s1. The maximum atomic E-state index is 14.3. The number of nitriles is 1. The summed E-state index contributed by atoms with van der Waals surface area (Å²) in [6.07, 6.45) is 1.84. The Kier molecular flexibility index (Phi) is 4.08. The molecular formula is C24H19FN6O2. The maximum Gasteiger partial charge on any atom is 0.171 e. The topological polar surface area (TPSA) is 116 Å². The van der Waals surface area contributed by atoms with E-state index in [0.717, 1.165) is 23.4 Å². The van der Waals surface area contributed by atoms with Crippen molar-refractivity contribution in [1.29, 1.82) is 5.26 Å². The Hall–Kier alpha value is -4.19. The first-order chi connectivity index (χ1) is 16.0. The number of fused-ring (bicyclic) bond motifs is 7. The van der Waals surface area contributed by atoms with Crippen molar-refractivity contribution in [3.05, 3.63) is 64.5 Å². The second-order valence-corrected chi connectivity index (χ2v) is 8.39. The van der Waals surface area contributed by atoms with E-state index in [0.29, 0.717) is 46.0 Å². The molecule has 2 aliphatic rings. The lowest BCUT2D eigenvalue weighted by atomic mass is 9.86. The molecule has 6 rings (SSSR count). The molecule has 2 aliphatic heterocycles. The first-order valence-corrected chi connectivity index (χ1v) is 10.7. The van der Waals surface area contributed by atoms with Gasteiger partial charge in [0.15, 0.2) is 23.0 Å². The highest BCUT2D eigenvalue weighted by Crippen LogP contribution is 2.48. The summed E-state index contributed by atoms with van der Waals surface area (Å²) in [6.45, 7) is 4.36. The van der Waals surface area contributed by atoms with E-state index in [1.54, 1.807) is 18.3 Å². The molecule has 0 saturated carbocycles. The van der Waals surface area contributed by atoms with Crippen LogP contribution in [0, 0.1) is 24.1 Å². The van der Waals surface area contributed by atoms with E-state index in [2.05, 4.69) is 21.3 Å². The zero-order valence-corrected chi connectivity index (χ0v) is 18.0. The summed E-state index contributed by atoms with van der Waals surface area (Å²) in [7, 11) is 0. The molecule has 0 amide bonds. The number of aromatic nitrogens is 4. The fraction of sp³-hybridized carbons (Fsp3) is 0.250. The van der Waals surface area contributed by atoms with Crippen LogP contribution in [0.1, 0.15) is 53.6 Å². The van der Waals surface area contributed by atoms with Crippen molar-refractivity contribution in [2.45, 2.75) is 38.8 Å². The van der Waals surface area contributed by atoms with Crippen LogP contribution in [-0.4, -0.2) is 19.9 Å². The number of hydrogen-bond donors (Lipinski definition) is 1. The zero-order valence-electron chi connectivity index (χ0n) is 18.0. The summed E-state index contributed by atoms with van der Waals surface area (Å²) in [5.41, 5.74) is 11.7. The third kappa shape index (κ3) is 2.77. The number of halogens is 1. The third-order valence-corrected chi connectivity index (χ3v) is 6.48. The number of hydrogen-bond acceptors (Lipinski definition) is 7. The SMILES string of the molecule is Cc1noc2c1C1CCn3nc(C#N)c(c31)-c1cnc(N)c(c1)O[C@H](C)c1cc(F)ccc1-2. The molecule has 2 N–H and O–H groups in total. The summed E-state index contributed by atoms with van der Waals surface area (Å²) in [5.74, 6) is 0.635. The Morgan fingerprint density at radius 2 is 2.15 bits per heavy atom. The van der Waals surface area contributed by atoms with Crippen molar-refractivity contribution in [1.82, 2.24) is 19.9 Å². The minimum atomic E-state index is -0.561. The van der Waals surface area contributed by atoms with Gasteiger partial charge in [-0.05, 0) is 44.5 Å². The van der Waals surface area contributed by atoms with Crippen LogP contribution in [-0.2, 0) is 6.54 Å². The van der Waals surface area contributed by atoms with E-state index in [1.807, 2.05) is 18.5 Å². The Morgan fingerprint density at radius 3 is 2.97 bits per heavy atom. The van der Waals surface area contributed by atoms with Gasteiger partial charge in [-0.15, -0.1) is 0 Å². The van der Waals surface area contributed by atoms with Gasteiger partial charge in [-0.25, -0.2) is 9.37 Å². The molecule has 0 spiro atoms. The molecule has 3 aromatic heterocycles. The number of anilines is 1. The Bertz CT molecular complexity index is 1480. The van der Waals surface area contributed by atoms with Gasteiger partial charge in [-0.2, -0.15) is 10.4 Å². The smallest absolute Gasteiger partial charge is 0.171 e. The van der Waals surface area contributed by atoms with Gasteiger partial charge in [0.25, 0.3) is 0 Å². The third-order valence-electron chi connectivity index (χ3n) is 6.48. The first kappa shape index (κ1) is 19.5. The monoisotopic (exact) mass is 442 g/mol. The summed E-state index contributed by atoms with van der Waals surface area (Å²) < 4.78 is 28.2. The van der Waals surface area contributed by atoms with Crippen LogP contribution in [0.4, 0.5) is 10.2 Å².